The van der Waals surface area contributed by atoms with Crippen molar-refractivity contribution in [2.75, 3.05) is 25.4 Å². The standard InChI is InChI=1S/C16H13FN2O.C12H11FN2O.C12H10FNO.C6H12O3.2CH4/c1-12-10-11-19(18-12)14-4-8-16(9-5-14)20-15-6-2-13(17)3-7-15;13-9-1-5-11(6-2-9)16-12-7-3-10(15-14)4-8-12;13-9-1-5-11(6-2-9)15-12-7-3-10(14)4-8-12;1-5(7)4-6(8-2)9-3;;/h2-11H,1H3;1-8,15H,14H2;1-8H,14H2;6H,4H2,1-3H3;2*1H4. The third kappa shape index (κ3) is 18.4. The fourth-order valence-electron chi connectivity index (χ4n) is 4.79. The number of aryl methyl sites for hydroxylation is 1. The Morgan fingerprint density at radius 3 is 1.23 bits per heavy atom. The highest BCUT2D eigenvalue weighted by Crippen LogP contribution is 2.25. The molecule has 0 spiro atoms. The van der Waals surface area contributed by atoms with Crippen LogP contribution in [0.15, 0.2) is 158 Å². The van der Waals surface area contributed by atoms with Crippen LogP contribution in [0.2, 0.25) is 0 Å². The molecule has 0 saturated heterocycles. The summed E-state index contributed by atoms with van der Waals surface area (Å²) in [5, 5.41) is 4.34. The van der Waals surface area contributed by atoms with E-state index >= 15 is 0 Å². The van der Waals surface area contributed by atoms with Crippen molar-refractivity contribution < 1.29 is 41.7 Å². The van der Waals surface area contributed by atoms with Gasteiger partial charge in [-0.05, 0) is 166 Å². The van der Waals surface area contributed by atoms with E-state index in [1.165, 1.54) is 57.5 Å². The number of Topliss-reactive ketones (excluding diaryl/α,β-unsaturated/α-hetero) is 1. The quantitative estimate of drug-likeness (QED) is 0.0470. The van der Waals surface area contributed by atoms with E-state index in [4.69, 9.17) is 35.3 Å². The number of ketones is 1. The Bertz CT molecular complexity index is 2250. The van der Waals surface area contributed by atoms with E-state index in [0.717, 1.165) is 17.1 Å². The smallest absolute Gasteiger partial charge is 0.163 e. The molecule has 0 fully saturated rings. The fourth-order valence-corrected chi connectivity index (χ4v) is 4.79. The zero-order valence-corrected chi connectivity index (χ0v) is 33.4. The Balaban J connectivity index is 0.000000291. The SMILES string of the molecule is C.C.COC(CC(C)=O)OC.Cc1ccn(-c2ccc(Oc3ccc(F)cc3)cc2)n1.NNc1ccc(Oc2ccc(F)cc2)cc1.Nc1ccc(Oc2ccc(F)cc2)cc1. The van der Waals surface area contributed by atoms with E-state index in [2.05, 4.69) is 10.5 Å². The average Bonchev–Trinajstić information content (AvgIpc) is 3.70. The third-order valence-corrected chi connectivity index (χ3v) is 7.85. The van der Waals surface area contributed by atoms with Gasteiger partial charge < -0.3 is 34.8 Å². The van der Waals surface area contributed by atoms with Crippen molar-refractivity contribution in [1.29, 1.82) is 0 Å². The predicted molar refractivity (Wildman–Crippen MR) is 239 cm³/mol. The van der Waals surface area contributed by atoms with Crippen molar-refractivity contribution in [2.45, 2.75) is 41.4 Å². The van der Waals surface area contributed by atoms with E-state index < -0.39 is 0 Å². The number of nitrogens with two attached hydrogens (primary N) is 2. The van der Waals surface area contributed by atoms with Gasteiger partial charge in [0.05, 0.1) is 17.8 Å². The number of aromatic nitrogens is 2. The molecule has 328 valence electrons. The van der Waals surface area contributed by atoms with E-state index in [0.29, 0.717) is 46.6 Å². The number of anilines is 2. The van der Waals surface area contributed by atoms with Crippen LogP contribution < -0.4 is 31.2 Å². The van der Waals surface area contributed by atoms with Crippen molar-refractivity contribution in [1.82, 2.24) is 9.78 Å². The number of methoxy groups -OCH3 is 2. The number of ether oxygens (including phenoxy) is 5. The number of nitrogens with zero attached hydrogens (tertiary/aromatic N) is 2. The number of rotatable bonds is 12. The Morgan fingerprint density at radius 2 is 0.935 bits per heavy atom. The Hall–Kier alpha value is -7.13. The maximum absolute atomic E-state index is 12.8. The van der Waals surface area contributed by atoms with Crippen LogP contribution in [0.3, 0.4) is 0 Å². The second-order valence-corrected chi connectivity index (χ2v) is 12.6. The zero-order valence-electron chi connectivity index (χ0n) is 33.4. The molecule has 0 aliphatic carbocycles. The Morgan fingerprint density at radius 1 is 0.597 bits per heavy atom. The number of carbonyl (C=O) groups is 1. The van der Waals surface area contributed by atoms with Crippen LogP contribution in [0.25, 0.3) is 5.69 Å². The lowest BCUT2D eigenvalue weighted by Gasteiger charge is -2.09. The molecule has 7 aromatic rings. The van der Waals surface area contributed by atoms with Crippen LogP contribution in [0.1, 0.15) is 33.9 Å². The van der Waals surface area contributed by atoms with E-state index in [-0.39, 0.29) is 44.4 Å². The number of hydrogen-bond donors (Lipinski definition) is 3. The molecular weight excluding hydrogens is 800 g/mol. The van der Waals surface area contributed by atoms with Gasteiger partial charge in [-0.1, -0.05) is 14.9 Å². The first-order chi connectivity index (χ1) is 28.9. The van der Waals surface area contributed by atoms with Gasteiger partial charge >= 0.3 is 0 Å². The van der Waals surface area contributed by atoms with E-state index in [1.807, 2.05) is 43.5 Å². The summed E-state index contributed by atoms with van der Waals surface area (Å²) in [7, 11) is 3.02. The molecule has 0 atom stereocenters. The van der Waals surface area contributed by atoms with Gasteiger partial charge in [0.1, 0.15) is 57.7 Å². The number of hydrazine groups is 1. The topological polar surface area (TPSA) is 145 Å². The van der Waals surface area contributed by atoms with Crippen molar-refractivity contribution in [2.24, 2.45) is 5.84 Å². The van der Waals surface area contributed by atoms with Gasteiger partial charge in [-0.2, -0.15) is 5.10 Å². The number of benzene rings is 6. The highest BCUT2D eigenvalue weighted by molar-refractivity contribution is 5.75. The van der Waals surface area contributed by atoms with Gasteiger partial charge in [0.15, 0.2) is 6.29 Å². The molecule has 0 aliphatic heterocycles. The minimum absolute atomic E-state index is 0. The van der Waals surface area contributed by atoms with Gasteiger partial charge in [-0.25, -0.2) is 17.9 Å². The monoisotopic (exact) mass is 853 g/mol. The second kappa shape index (κ2) is 26.9. The van der Waals surface area contributed by atoms with Crippen LogP contribution >= 0.6 is 0 Å². The maximum Gasteiger partial charge on any atom is 0.163 e. The normalized spacial score (nSPS) is 9.82. The number of hydrogen-bond acceptors (Lipinski definition) is 10. The molecule has 7 rings (SSSR count). The molecule has 11 nitrogen and oxygen atoms in total. The maximum atomic E-state index is 12.8. The van der Waals surface area contributed by atoms with Crippen molar-refractivity contribution >= 4 is 17.2 Å². The summed E-state index contributed by atoms with van der Waals surface area (Å²) in [6, 6.07) is 41.3. The molecule has 0 bridgehead atoms. The van der Waals surface area contributed by atoms with Gasteiger partial charge in [-0.3, -0.25) is 10.6 Å². The zero-order chi connectivity index (χ0) is 43.3. The molecule has 1 aromatic heterocycles. The Kier molecular flexibility index (Phi) is 22.1. The average molecular weight is 854 g/mol. The van der Waals surface area contributed by atoms with Crippen molar-refractivity contribution in [3.05, 3.63) is 181 Å². The highest BCUT2D eigenvalue weighted by atomic mass is 19.1. The lowest BCUT2D eigenvalue weighted by Crippen LogP contribution is -2.16. The summed E-state index contributed by atoms with van der Waals surface area (Å²) in [4.78, 5) is 10.4. The molecule has 1 heterocycles. The first kappa shape index (κ1) is 51.0. The van der Waals surface area contributed by atoms with E-state index in [9.17, 15) is 18.0 Å². The minimum atomic E-state index is -0.373. The minimum Gasteiger partial charge on any atom is -0.457 e. The van der Waals surface area contributed by atoms with E-state index in [1.54, 1.807) is 89.6 Å². The summed E-state index contributed by atoms with van der Waals surface area (Å²) in [5.74, 6) is 8.32. The lowest BCUT2D eigenvalue weighted by atomic mass is 10.3. The molecule has 0 saturated carbocycles. The third-order valence-electron chi connectivity index (χ3n) is 7.85. The van der Waals surface area contributed by atoms with Crippen LogP contribution in [-0.2, 0) is 14.3 Å². The molecule has 6 aromatic carbocycles. The molecule has 0 radical (unpaired) electrons. The van der Waals surface area contributed by atoms with Gasteiger partial charge in [0.25, 0.3) is 0 Å². The molecular formula is C48H54F3N5O6. The summed E-state index contributed by atoms with van der Waals surface area (Å²) in [6.45, 7) is 3.45. The number of nitrogens with one attached hydrogen (secondary N) is 1. The van der Waals surface area contributed by atoms with Crippen molar-refractivity contribution in [3.63, 3.8) is 0 Å². The predicted octanol–water partition coefficient (Wildman–Crippen LogP) is 12.1. The van der Waals surface area contributed by atoms with Crippen LogP contribution in [0.4, 0.5) is 24.5 Å². The largest absolute Gasteiger partial charge is 0.457 e. The first-order valence-corrected chi connectivity index (χ1v) is 18.3. The Labute approximate surface area is 361 Å². The van der Waals surface area contributed by atoms with Crippen molar-refractivity contribution in [3.8, 4) is 40.2 Å². The van der Waals surface area contributed by atoms with Gasteiger partial charge in [0, 0.05) is 31.8 Å². The van der Waals surface area contributed by atoms with Gasteiger partial charge in [0.2, 0.25) is 0 Å². The summed E-state index contributed by atoms with van der Waals surface area (Å²) < 4.78 is 66.0. The number of nitrogen functional groups attached to an aromatic ring is 2. The fraction of sp³-hybridized carbons (Fsp3) is 0.167. The molecule has 62 heavy (non-hydrogen) atoms. The highest BCUT2D eigenvalue weighted by Gasteiger charge is 2.07. The number of halogens is 3. The lowest BCUT2D eigenvalue weighted by molar-refractivity contribution is -0.135. The van der Waals surface area contributed by atoms with Gasteiger partial charge in [-0.15, -0.1) is 0 Å². The summed E-state index contributed by atoms with van der Waals surface area (Å²) in [6.07, 6.45) is 1.86. The summed E-state index contributed by atoms with van der Waals surface area (Å²) in [5.41, 5.74) is 11.5. The van der Waals surface area contributed by atoms with Crippen LogP contribution in [0, 0.1) is 24.4 Å². The summed E-state index contributed by atoms with van der Waals surface area (Å²) >= 11 is 0. The molecule has 14 heteroatoms. The van der Waals surface area contributed by atoms with Crippen LogP contribution in [0.5, 0.6) is 34.5 Å². The first-order valence-electron chi connectivity index (χ1n) is 18.3. The number of carbonyl (C=O) groups excluding carboxylic acids is 1. The molecule has 0 aliphatic rings. The van der Waals surface area contributed by atoms with Crippen LogP contribution in [-0.4, -0.2) is 36.1 Å². The molecule has 0 amide bonds. The molecule has 0 unspecified atom stereocenters. The second-order valence-electron chi connectivity index (χ2n) is 12.6. The molecule has 5 N–H and O–H groups in total.